The SMILES string of the molecule is O=C(COc1ccc(F)cc1)NNC(=S)Nc1cccc(Cl)c1Cl. The third kappa shape index (κ3) is 5.52. The monoisotopic (exact) mass is 387 g/mol. The van der Waals surface area contributed by atoms with Gasteiger partial charge in [-0.05, 0) is 48.6 Å². The Bertz CT molecular complexity index is 744. The topological polar surface area (TPSA) is 62.4 Å². The van der Waals surface area contributed by atoms with E-state index in [0.717, 1.165) is 0 Å². The first kappa shape index (κ1) is 18.3. The first-order valence-corrected chi connectivity index (χ1v) is 7.80. The Morgan fingerprint density at radius 3 is 2.54 bits per heavy atom. The fraction of sp³-hybridized carbons (Fsp3) is 0.0667. The lowest BCUT2D eigenvalue weighted by Crippen LogP contribution is -2.45. The van der Waals surface area contributed by atoms with Crippen molar-refractivity contribution in [1.82, 2.24) is 10.9 Å². The molecule has 0 bridgehead atoms. The molecule has 3 N–H and O–H groups in total. The van der Waals surface area contributed by atoms with Crippen LogP contribution in [-0.4, -0.2) is 17.6 Å². The van der Waals surface area contributed by atoms with Crippen molar-refractivity contribution in [2.75, 3.05) is 11.9 Å². The molecule has 0 aromatic heterocycles. The van der Waals surface area contributed by atoms with Gasteiger partial charge in [0, 0.05) is 0 Å². The van der Waals surface area contributed by atoms with Crippen LogP contribution in [0.1, 0.15) is 0 Å². The molecule has 0 fully saturated rings. The Morgan fingerprint density at radius 2 is 1.83 bits per heavy atom. The molecule has 0 atom stereocenters. The van der Waals surface area contributed by atoms with Gasteiger partial charge in [-0.1, -0.05) is 29.3 Å². The van der Waals surface area contributed by atoms with Crippen LogP contribution in [0.15, 0.2) is 42.5 Å². The molecule has 0 saturated heterocycles. The van der Waals surface area contributed by atoms with Gasteiger partial charge in [-0.15, -0.1) is 0 Å². The van der Waals surface area contributed by atoms with Crippen LogP contribution < -0.4 is 20.9 Å². The molecule has 24 heavy (non-hydrogen) atoms. The summed E-state index contributed by atoms with van der Waals surface area (Å²) in [5.74, 6) is -0.483. The molecule has 0 spiro atoms. The molecular formula is C15H12Cl2FN3O2S. The number of ether oxygens (including phenoxy) is 1. The summed E-state index contributed by atoms with van der Waals surface area (Å²) in [5.41, 5.74) is 5.35. The lowest BCUT2D eigenvalue weighted by atomic mass is 10.3. The van der Waals surface area contributed by atoms with E-state index >= 15 is 0 Å². The lowest BCUT2D eigenvalue weighted by Gasteiger charge is -2.13. The molecule has 126 valence electrons. The van der Waals surface area contributed by atoms with Crippen molar-refractivity contribution in [3.8, 4) is 5.75 Å². The van der Waals surface area contributed by atoms with Gasteiger partial charge in [0.05, 0.1) is 15.7 Å². The molecule has 0 saturated carbocycles. The predicted molar refractivity (Wildman–Crippen MR) is 95.9 cm³/mol. The first-order chi connectivity index (χ1) is 11.5. The van der Waals surface area contributed by atoms with Crippen molar-refractivity contribution < 1.29 is 13.9 Å². The van der Waals surface area contributed by atoms with Gasteiger partial charge >= 0.3 is 0 Å². The van der Waals surface area contributed by atoms with E-state index in [2.05, 4.69) is 16.2 Å². The zero-order valence-electron chi connectivity index (χ0n) is 12.1. The summed E-state index contributed by atoms with van der Waals surface area (Å²) in [5, 5.41) is 3.60. The predicted octanol–water partition coefficient (Wildman–Crippen LogP) is 3.53. The van der Waals surface area contributed by atoms with Gasteiger partial charge in [-0.2, -0.15) is 0 Å². The van der Waals surface area contributed by atoms with Crippen LogP contribution in [0.3, 0.4) is 0 Å². The molecule has 0 radical (unpaired) electrons. The minimum absolute atomic E-state index is 0.120. The maximum atomic E-state index is 12.7. The highest BCUT2D eigenvalue weighted by atomic mass is 35.5. The molecule has 0 aliphatic rings. The highest BCUT2D eigenvalue weighted by molar-refractivity contribution is 7.80. The average molecular weight is 388 g/mol. The molecular weight excluding hydrogens is 376 g/mol. The fourth-order valence-corrected chi connectivity index (χ4v) is 2.10. The van der Waals surface area contributed by atoms with Gasteiger partial charge in [0.15, 0.2) is 11.7 Å². The Morgan fingerprint density at radius 1 is 1.12 bits per heavy atom. The first-order valence-electron chi connectivity index (χ1n) is 6.64. The van der Waals surface area contributed by atoms with Crippen molar-refractivity contribution in [2.24, 2.45) is 0 Å². The van der Waals surface area contributed by atoms with E-state index in [4.69, 9.17) is 40.2 Å². The van der Waals surface area contributed by atoms with E-state index in [1.165, 1.54) is 24.3 Å². The minimum atomic E-state index is -0.472. The summed E-state index contributed by atoms with van der Waals surface area (Å²) in [6.07, 6.45) is 0. The van der Waals surface area contributed by atoms with E-state index < -0.39 is 5.91 Å². The second kappa shape index (κ2) is 8.68. The molecule has 0 unspecified atom stereocenters. The minimum Gasteiger partial charge on any atom is -0.484 e. The summed E-state index contributed by atoms with van der Waals surface area (Å²) in [6, 6.07) is 10.3. The van der Waals surface area contributed by atoms with Crippen LogP contribution in [0.2, 0.25) is 10.0 Å². The summed E-state index contributed by atoms with van der Waals surface area (Å²) in [4.78, 5) is 11.7. The number of rotatable bonds is 4. The van der Waals surface area contributed by atoms with Gasteiger partial charge in [-0.3, -0.25) is 15.6 Å². The van der Waals surface area contributed by atoms with Crippen molar-refractivity contribution in [2.45, 2.75) is 0 Å². The van der Waals surface area contributed by atoms with Gasteiger partial charge in [0.2, 0.25) is 0 Å². The van der Waals surface area contributed by atoms with Crippen molar-refractivity contribution in [1.29, 1.82) is 0 Å². The number of benzene rings is 2. The zero-order chi connectivity index (χ0) is 17.5. The van der Waals surface area contributed by atoms with Crippen LogP contribution in [0.25, 0.3) is 0 Å². The molecule has 2 rings (SSSR count). The van der Waals surface area contributed by atoms with Crippen molar-refractivity contribution >= 4 is 52.1 Å². The number of nitrogens with one attached hydrogen (secondary N) is 3. The number of thiocarbonyl (C=S) groups is 1. The molecule has 1 amide bonds. The van der Waals surface area contributed by atoms with E-state index in [-0.39, 0.29) is 17.5 Å². The molecule has 0 aliphatic carbocycles. The zero-order valence-corrected chi connectivity index (χ0v) is 14.4. The van der Waals surface area contributed by atoms with Gasteiger partial charge in [-0.25, -0.2) is 4.39 Å². The Kier molecular flexibility index (Phi) is 6.60. The van der Waals surface area contributed by atoms with Gasteiger partial charge in [0.25, 0.3) is 5.91 Å². The maximum Gasteiger partial charge on any atom is 0.276 e. The van der Waals surface area contributed by atoms with E-state index in [1.54, 1.807) is 18.2 Å². The smallest absolute Gasteiger partial charge is 0.276 e. The van der Waals surface area contributed by atoms with E-state index in [0.29, 0.717) is 21.5 Å². The maximum absolute atomic E-state index is 12.7. The molecule has 2 aromatic carbocycles. The average Bonchev–Trinajstić information content (AvgIpc) is 2.56. The van der Waals surface area contributed by atoms with Crippen LogP contribution in [0, 0.1) is 5.82 Å². The Hall–Kier alpha value is -2.09. The van der Waals surface area contributed by atoms with Crippen LogP contribution in [-0.2, 0) is 4.79 Å². The molecule has 0 aliphatic heterocycles. The summed E-state index contributed by atoms with van der Waals surface area (Å²) in [6.45, 7) is -0.265. The Labute approximate surface area is 153 Å². The second-order valence-electron chi connectivity index (χ2n) is 4.47. The molecule has 2 aromatic rings. The summed E-state index contributed by atoms with van der Waals surface area (Å²) in [7, 11) is 0. The number of anilines is 1. The van der Waals surface area contributed by atoms with Gasteiger partial charge in [0.1, 0.15) is 11.6 Å². The second-order valence-corrected chi connectivity index (χ2v) is 5.66. The standard InChI is InChI=1S/C15H12Cl2FN3O2S/c16-11-2-1-3-12(14(11)17)19-15(24)21-20-13(22)8-23-10-6-4-9(18)5-7-10/h1-7H,8H2,(H,20,22)(H2,19,21,24). The summed E-state index contributed by atoms with van der Waals surface area (Å²) < 4.78 is 17.9. The van der Waals surface area contributed by atoms with Crippen LogP contribution in [0.4, 0.5) is 10.1 Å². The number of hydrogen-bond acceptors (Lipinski definition) is 3. The molecule has 0 heterocycles. The number of halogens is 3. The summed E-state index contributed by atoms with van der Waals surface area (Å²) >= 11 is 16.9. The highest BCUT2D eigenvalue weighted by Gasteiger charge is 2.07. The molecule has 9 heteroatoms. The number of hydrazine groups is 1. The van der Waals surface area contributed by atoms with E-state index in [9.17, 15) is 9.18 Å². The third-order valence-electron chi connectivity index (χ3n) is 2.70. The highest BCUT2D eigenvalue weighted by Crippen LogP contribution is 2.29. The third-order valence-corrected chi connectivity index (χ3v) is 3.72. The number of hydrogen-bond donors (Lipinski definition) is 3. The normalized spacial score (nSPS) is 9.96. The van der Waals surface area contributed by atoms with Crippen LogP contribution >= 0.6 is 35.4 Å². The van der Waals surface area contributed by atoms with Crippen molar-refractivity contribution in [3.63, 3.8) is 0 Å². The Balaban J connectivity index is 1.75. The number of carbonyl (C=O) groups is 1. The molecule has 5 nitrogen and oxygen atoms in total. The number of amides is 1. The van der Waals surface area contributed by atoms with Crippen LogP contribution in [0.5, 0.6) is 5.75 Å². The fourth-order valence-electron chi connectivity index (χ4n) is 1.60. The van der Waals surface area contributed by atoms with Crippen molar-refractivity contribution in [3.05, 3.63) is 58.3 Å². The number of carbonyl (C=O) groups excluding carboxylic acids is 1. The quantitative estimate of drug-likeness (QED) is 0.553. The van der Waals surface area contributed by atoms with Gasteiger partial charge < -0.3 is 10.1 Å². The van der Waals surface area contributed by atoms with E-state index in [1.807, 2.05) is 0 Å². The lowest BCUT2D eigenvalue weighted by molar-refractivity contribution is -0.123. The largest absolute Gasteiger partial charge is 0.484 e.